The molecule has 0 amide bonds. The van der Waals surface area contributed by atoms with E-state index in [2.05, 4.69) is 0 Å². The van der Waals surface area contributed by atoms with Crippen LogP contribution in [0.2, 0.25) is 5.02 Å². The molecule has 1 aliphatic rings. The van der Waals surface area contributed by atoms with E-state index >= 15 is 0 Å². The first-order chi connectivity index (χ1) is 8.35. The van der Waals surface area contributed by atoms with E-state index in [0.717, 1.165) is 17.7 Å². The molecule has 1 aliphatic heterocycles. The molecule has 98 valence electrons. The van der Waals surface area contributed by atoms with Gasteiger partial charge in [-0.25, -0.2) is 4.79 Å². The highest BCUT2D eigenvalue weighted by atomic mass is 35.5. The molecule has 0 aliphatic carbocycles. The van der Waals surface area contributed by atoms with Gasteiger partial charge >= 0.3 is 5.97 Å². The Morgan fingerprint density at radius 1 is 1.44 bits per heavy atom. The van der Waals surface area contributed by atoms with Crippen LogP contribution >= 0.6 is 11.6 Å². The highest BCUT2D eigenvalue weighted by Gasteiger charge is 2.30. The molecule has 0 aromatic heterocycles. The fraction of sp³-hybridized carbons (Fsp3) is 0.500. The van der Waals surface area contributed by atoms with Gasteiger partial charge in [-0.3, -0.25) is 0 Å². The molecule has 4 heteroatoms. The second kappa shape index (κ2) is 4.81. The molecule has 0 spiro atoms. The van der Waals surface area contributed by atoms with E-state index in [1.54, 1.807) is 12.1 Å². The third kappa shape index (κ3) is 3.16. The van der Waals surface area contributed by atoms with Crippen molar-refractivity contribution in [3.63, 3.8) is 0 Å². The van der Waals surface area contributed by atoms with Crippen molar-refractivity contribution in [2.45, 2.75) is 45.3 Å². The lowest BCUT2D eigenvalue weighted by Gasteiger charge is -2.28. The van der Waals surface area contributed by atoms with E-state index in [1.165, 1.54) is 0 Å². The van der Waals surface area contributed by atoms with Crippen LogP contribution in [-0.2, 0) is 16.0 Å². The topological polar surface area (TPSA) is 35.5 Å². The van der Waals surface area contributed by atoms with Crippen LogP contribution in [-0.4, -0.2) is 17.7 Å². The zero-order valence-electron chi connectivity index (χ0n) is 10.8. The minimum Gasteiger partial charge on any atom is -0.478 e. The minimum absolute atomic E-state index is 0.303. The average molecular weight is 269 g/mol. The Kier molecular flexibility index (Phi) is 3.53. The van der Waals surface area contributed by atoms with Gasteiger partial charge in [0.25, 0.3) is 0 Å². The minimum atomic E-state index is -0.516. The Hall–Kier alpha value is -1.22. The second-order valence-corrected chi connectivity index (χ2v) is 5.87. The van der Waals surface area contributed by atoms with Crippen molar-refractivity contribution in [1.29, 1.82) is 0 Å². The van der Waals surface area contributed by atoms with Gasteiger partial charge in [0.15, 0.2) is 6.10 Å². The van der Waals surface area contributed by atoms with Gasteiger partial charge in [-0.15, -0.1) is 0 Å². The lowest BCUT2D eigenvalue weighted by atomic mass is 10.0. The van der Waals surface area contributed by atoms with E-state index in [0.29, 0.717) is 11.4 Å². The van der Waals surface area contributed by atoms with E-state index in [9.17, 15) is 4.79 Å². The highest BCUT2D eigenvalue weighted by Crippen LogP contribution is 2.30. The summed E-state index contributed by atoms with van der Waals surface area (Å²) in [6, 6.07) is 5.44. The van der Waals surface area contributed by atoms with Crippen LogP contribution in [0.5, 0.6) is 5.75 Å². The van der Waals surface area contributed by atoms with Gasteiger partial charge in [-0.05, 0) is 57.4 Å². The van der Waals surface area contributed by atoms with Gasteiger partial charge in [0.1, 0.15) is 11.4 Å². The SMILES string of the molecule is CC(C)(C)OC(=O)C1CCc2cc(Cl)ccc2O1. The van der Waals surface area contributed by atoms with Crippen LogP contribution in [0.15, 0.2) is 18.2 Å². The molecule has 0 N–H and O–H groups in total. The van der Waals surface area contributed by atoms with Crippen molar-refractivity contribution in [3.8, 4) is 5.75 Å². The van der Waals surface area contributed by atoms with Crippen molar-refractivity contribution >= 4 is 17.6 Å². The van der Waals surface area contributed by atoms with E-state index in [4.69, 9.17) is 21.1 Å². The highest BCUT2D eigenvalue weighted by molar-refractivity contribution is 6.30. The molecule has 0 fully saturated rings. The number of halogens is 1. The molecular weight excluding hydrogens is 252 g/mol. The normalized spacial score (nSPS) is 18.8. The first kappa shape index (κ1) is 13.2. The van der Waals surface area contributed by atoms with E-state index in [1.807, 2.05) is 26.8 Å². The molecule has 1 heterocycles. The Morgan fingerprint density at radius 3 is 2.83 bits per heavy atom. The molecular formula is C14H17ClO3. The summed E-state index contributed by atoms with van der Waals surface area (Å²) in [7, 11) is 0. The fourth-order valence-corrected chi connectivity index (χ4v) is 2.09. The van der Waals surface area contributed by atoms with Crippen molar-refractivity contribution in [2.75, 3.05) is 0 Å². The summed E-state index contributed by atoms with van der Waals surface area (Å²) in [5.41, 5.74) is 0.558. The largest absolute Gasteiger partial charge is 0.478 e. The quantitative estimate of drug-likeness (QED) is 0.733. The zero-order valence-corrected chi connectivity index (χ0v) is 11.6. The second-order valence-electron chi connectivity index (χ2n) is 5.43. The number of esters is 1. The third-order valence-corrected chi connectivity index (χ3v) is 2.87. The number of benzene rings is 1. The number of rotatable bonds is 1. The van der Waals surface area contributed by atoms with Crippen molar-refractivity contribution in [1.82, 2.24) is 0 Å². The van der Waals surface area contributed by atoms with Crippen LogP contribution in [0.25, 0.3) is 0 Å². The van der Waals surface area contributed by atoms with Gasteiger partial charge in [0.2, 0.25) is 0 Å². The summed E-state index contributed by atoms with van der Waals surface area (Å²) in [6.45, 7) is 5.55. The molecule has 2 rings (SSSR count). The van der Waals surface area contributed by atoms with Gasteiger partial charge < -0.3 is 9.47 Å². The Balaban J connectivity index is 2.08. The van der Waals surface area contributed by atoms with Crippen LogP contribution < -0.4 is 4.74 Å². The molecule has 0 saturated carbocycles. The molecule has 3 nitrogen and oxygen atoms in total. The number of carbonyl (C=O) groups excluding carboxylic acids is 1. The van der Waals surface area contributed by atoms with Crippen LogP contribution in [0.4, 0.5) is 0 Å². The Bertz CT molecular complexity index is 463. The monoisotopic (exact) mass is 268 g/mol. The van der Waals surface area contributed by atoms with Gasteiger partial charge in [-0.1, -0.05) is 11.6 Å². The van der Waals surface area contributed by atoms with Gasteiger partial charge in [0, 0.05) is 5.02 Å². The maximum absolute atomic E-state index is 11.9. The summed E-state index contributed by atoms with van der Waals surface area (Å²) in [4.78, 5) is 11.9. The fourth-order valence-electron chi connectivity index (χ4n) is 1.89. The molecule has 0 saturated heterocycles. The van der Waals surface area contributed by atoms with Crippen LogP contribution in [0.3, 0.4) is 0 Å². The smallest absolute Gasteiger partial charge is 0.347 e. The number of hydrogen-bond acceptors (Lipinski definition) is 3. The first-order valence-electron chi connectivity index (χ1n) is 6.03. The first-order valence-corrected chi connectivity index (χ1v) is 6.41. The summed E-state index contributed by atoms with van der Waals surface area (Å²) < 4.78 is 11.0. The van der Waals surface area contributed by atoms with Gasteiger partial charge in [-0.2, -0.15) is 0 Å². The Morgan fingerprint density at radius 2 is 2.17 bits per heavy atom. The summed E-state index contributed by atoms with van der Waals surface area (Å²) >= 11 is 5.92. The maximum atomic E-state index is 11.9. The zero-order chi connectivity index (χ0) is 13.3. The number of aryl methyl sites for hydroxylation is 1. The van der Waals surface area contributed by atoms with Crippen molar-refractivity contribution < 1.29 is 14.3 Å². The lowest BCUT2D eigenvalue weighted by Crippen LogP contribution is -2.37. The van der Waals surface area contributed by atoms with E-state index < -0.39 is 11.7 Å². The van der Waals surface area contributed by atoms with Gasteiger partial charge in [0.05, 0.1) is 0 Å². The summed E-state index contributed by atoms with van der Waals surface area (Å²) in [5.74, 6) is 0.421. The van der Waals surface area contributed by atoms with Crippen molar-refractivity contribution in [2.24, 2.45) is 0 Å². The lowest BCUT2D eigenvalue weighted by molar-refractivity contribution is -0.164. The van der Waals surface area contributed by atoms with E-state index in [-0.39, 0.29) is 5.97 Å². The molecule has 1 unspecified atom stereocenters. The molecule has 1 aromatic carbocycles. The predicted octanol–water partition coefficient (Wildman–Crippen LogP) is 3.38. The predicted molar refractivity (Wildman–Crippen MR) is 70.0 cm³/mol. The molecule has 1 atom stereocenters. The number of ether oxygens (including phenoxy) is 2. The average Bonchev–Trinajstić information content (AvgIpc) is 2.26. The summed E-state index contributed by atoms with van der Waals surface area (Å²) in [5, 5.41) is 0.688. The number of carbonyl (C=O) groups is 1. The Labute approximate surface area is 112 Å². The molecule has 0 bridgehead atoms. The van der Waals surface area contributed by atoms with Crippen LogP contribution in [0, 0.1) is 0 Å². The number of hydrogen-bond donors (Lipinski definition) is 0. The molecule has 1 aromatic rings. The summed E-state index contributed by atoms with van der Waals surface area (Å²) in [6.07, 6.45) is 0.889. The standard InChI is InChI=1S/C14H17ClO3/c1-14(2,3)18-13(16)12-6-4-9-8-10(15)5-7-11(9)17-12/h5,7-8,12H,4,6H2,1-3H3. The number of fused-ring (bicyclic) bond motifs is 1. The third-order valence-electron chi connectivity index (χ3n) is 2.64. The molecule has 18 heavy (non-hydrogen) atoms. The van der Waals surface area contributed by atoms with Crippen LogP contribution in [0.1, 0.15) is 32.8 Å². The maximum Gasteiger partial charge on any atom is 0.347 e. The van der Waals surface area contributed by atoms with Crippen molar-refractivity contribution in [3.05, 3.63) is 28.8 Å². The molecule has 0 radical (unpaired) electrons.